The second-order valence-electron chi connectivity index (χ2n) is 7.24. The van der Waals surface area contributed by atoms with Crippen LogP contribution in [0.3, 0.4) is 0 Å². The summed E-state index contributed by atoms with van der Waals surface area (Å²) < 4.78 is 13.8. The molecule has 7 nitrogen and oxygen atoms in total. The summed E-state index contributed by atoms with van der Waals surface area (Å²) in [7, 11) is 0. The number of pyridine rings is 2. The highest BCUT2D eigenvalue weighted by molar-refractivity contribution is 6.07. The maximum absolute atomic E-state index is 13.8. The van der Waals surface area contributed by atoms with E-state index in [1.54, 1.807) is 12.4 Å². The van der Waals surface area contributed by atoms with Crippen LogP contribution in [0.25, 0.3) is 11.0 Å². The average Bonchev–Trinajstić information content (AvgIpc) is 3.22. The van der Waals surface area contributed by atoms with Gasteiger partial charge in [-0.05, 0) is 41.3 Å². The summed E-state index contributed by atoms with van der Waals surface area (Å²) >= 11 is 0. The lowest BCUT2D eigenvalue weighted by Crippen LogP contribution is -2.16. The van der Waals surface area contributed by atoms with E-state index >= 15 is 0 Å². The molecule has 3 aromatic heterocycles. The number of carbonyl (C=O) groups excluding carboxylic acids is 1. The predicted octanol–water partition coefficient (Wildman–Crippen LogP) is 4.48. The molecule has 0 saturated heterocycles. The van der Waals surface area contributed by atoms with Crippen LogP contribution in [0.15, 0.2) is 55.0 Å². The van der Waals surface area contributed by atoms with Crippen LogP contribution in [-0.4, -0.2) is 26.1 Å². The van der Waals surface area contributed by atoms with Crippen LogP contribution in [0.1, 0.15) is 41.3 Å². The van der Waals surface area contributed by atoms with E-state index in [-0.39, 0.29) is 5.56 Å². The SMILES string of the molecule is CC(C)c1ccc(NC(=O)c2cc(F)cnc2NCc2ccnc3[nH]ncc23)cc1. The summed E-state index contributed by atoms with van der Waals surface area (Å²) in [6.07, 6.45) is 4.44. The van der Waals surface area contributed by atoms with E-state index in [4.69, 9.17) is 0 Å². The highest BCUT2D eigenvalue weighted by atomic mass is 19.1. The van der Waals surface area contributed by atoms with Crippen LogP contribution in [0.2, 0.25) is 0 Å². The van der Waals surface area contributed by atoms with Crippen LogP contribution in [0.4, 0.5) is 15.9 Å². The number of carbonyl (C=O) groups is 1. The van der Waals surface area contributed by atoms with Gasteiger partial charge < -0.3 is 10.6 Å². The van der Waals surface area contributed by atoms with Crippen molar-refractivity contribution in [3.05, 3.63) is 77.5 Å². The number of rotatable bonds is 6. The number of fused-ring (bicyclic) bond motifs is 1. The number of benzene rings is 1. The Morgan fingerprint density at radius 3 is 2.70 bits per heavy atom. The molecule has 0 saturated carbocycles. The number of aromatic amines is 1. The van der Waals surface area contributed by atoms with E-state index in [0.717, 1.165) is 17.1 Å². The Bertz CT molecular complexity index is 1190. The summed E-state index contributed by atoms with van der Waals surface area (Å²) in [4.78, 5) is 21.1. The van der Waals surface area contributed by atoms with Gasteiger partial charge in [0.1, 0.15) is 11.6 Å². The van der Waals surface area contributed by atoms with Gasteiger partial charge in [-0.15, -0.1) is 0 Å². The summed E-state index contributed by atoms with van der Waals surface area (Å²) in [6, 6.07) is 10.6. The molecule has 1 aromatic carbocycles. The molecule has 0 fully saturated rings. The fourth-order valence-electron chi connectivity index (χ4n) is 3.14. The number of aromatic nitrogens is 4. The number of anilines is 2. The molecule has 8 heteroatoms. The van der Waals surface area contributed by atoms with E-state index in [2.05, 4.69) is 44.6 Å². The molecule has 4 rings (SSSR count). The Morgan fingerprint density at radius 2 is 1.93 bits per heavy atom. The van der Waals surface area contributed by atoms with E-state index in [9.17, 15) is 9.18 Å². The number of halogens is 1. The standard InChI is InChI=1S/C22H21FN6O/c1-13(2)14-3-5-17(6-4-14)28-22(30)18-9-16(23)11-26-20(18)25-10-15-7-8-24-21-19(15)12-27-29-21/h3-9,11-13H,10H2,1-2H3,(H,25,26)(H,28,30)(H,24,27,29). The molecular weight excluding hydrogens is 383 g/mol. The van der Waals surface area contributed by atoms with Gasteiger partial charge >= 0.3 is 0 Å². The van der Waals surface area contributed by atoms with Gasteiger partial charge in [-0.3, -0.25) is 9.89 Å². The van der Waals surface area contributed by atoms with Crippen molar-refractivity contribution in [2.24, 2.45) is 0 Å². The van der Waals surface area contributed by atoms with Crippen molar-refractivity contribution in [2.45, 2.75) is 26.3 Å². The van der Waals surface area contributed by atoms with Crippen molar-refractivity contribution < 1.29 is 9.18 Å². The lowest BCUT2D eigenvalue weighted by atomic mass is 10.0. The Kier molecular flexibility index (Phi) is 5.38. The van der Waals surface area contributed by atoms with Crippen LogP contribution in [0, 0.1) is 5.82 Å². The molecule has 3 heterocycles. The third-order valence-corrected chi connectivity index (χ3v) is 4.82. The zero-order valence-corrected chi connectivity index (χ0v) is 16.6. The Balaban J connectivity index is 1.54. The number of amides is 1. The zero-order chi connectivity index (χ0) is 21.1. The maximum atomic E-state index is 13.8. The predicted molar refractivity (Wildman–Crippen MR) is 114 cm³/mol. The number of hydrogen-bond acceptors (Lipinski definition) is 5. The molecule has 1 amide bonds. The summed E-state index contributed by atoms with van der Waals surface area (Å²) in [6.45, 7) is 4.58. The van der Waals surface area contributed by atoms with E-state index in [0.29, 0.717) is 29.6 Å². The smallest absolute Gasteiger partial charge is 0.259 e. The van der Waals surface area contributed by atoms with Gasteiger partial charge in [0.25, 0.3) is 5.91 Å². The van der Waals surface area contributed by atoms with E-state index in [1.807, 2.05) is 30.3 Å². The topological polar surface area (TPSA) is 95.6 Å². The maximum Gasteiger partial charge on any atom is 0.259 e. The first-order valence-corrected chi connectivity index (χ1v) is 9.59. The van der Waals surface area contributed by atoms with Crippen molar-refractivity contribution in [3.63, 3.8) is 0 Å². The molecule has 0 aliphatic heterocycles. The number of nitrogens with zero attached hydrogens (tertiary/aromatic N) is 3. The first kappa shape index (κ1) is 19.5. The van der Waals surface area contributed by atoms with Crippen molar-refractivity contribution in [1.82, 2.24) is 20.2 Å². The van der Waals surface area contributed by atoms with Crippen LogP contribution >= 0.6 is 0 Å². The lowest BCUT2D eigenvalue weighted by Gasteiger charge is -2.13. The van der Waals surface area contributed by atoms with Crippen molar-refractivity contribution in [2.75, 3.05) is 10.6 Å². The summed E-state index contributed by atoms with van der Waals surface area (Å²) in [5.41, 5.74) is 3.53. The van der Waals surface area contributed by atoms with E-state index in [1.165, 1.54) is 11.6 Å². The third-order valence-electron chi connectivity index (χ3n) is 4.82. The summed E-state index contributed by atoms with van der Waals surface area (Å²) in [5, 5.41) is 13.6. The molecule has 0 atom stereocenters. The Hall–Kier alpha value is -3.81. The second kappa shape index (κ2) is 8.28. The van der Waals surface area contributed by atoms with E-state index < -0.39 is 11.7 Å². The quantitative estimate of drug-likeness (QED) is 0.440. The molecule has 0 aliphatic carbocycles. The first-order chi connectivity index (χ1) is 14.5. The molecule has 4 aromatic rings. The molecular formula is C22H21FN6O. The minimum Gasteiger partial charge on any atom is -0.365 e. The van der Waals surface area contributed by atoms with Gasteiger partial charge in [0.05, 0.1) is 18.0 Å². The van der Waals surface area contributed by atoms with Gasteiger partial charge in [0.2, 0.25) is 0 Å². The van der Waals surface area contributed by atoms with Crippen LogP contribution < -0.4 is 10.6 Å². The monoisotopic (exact) mass is 404 g/mol. The second-order valence-corrected chi connectivity index (χ2v) is 7.24. The van der Waals surface area contributed by atoms with Crippen LogP contribution in [-0.2, 0) is 6.54 Å². The fourth-order valence-corrected chi connectivity index (χ4v) is 3.14. The highest BCUT2D eigenvalue weighted by Gasteiger charge is 2.15. The molecule has 0 spiro atoms. The van der Waals surface area contributed by atoms with Gasteiger partial charge in [-0.1, -0.05) is 26.0 Å². The van der Waals surface area contributed by atoms with Gasteiger partial charge in [0.15, 0.2) is 5.65 Å². The van der Waals surface area contributed by atoms with Crippen molar-refractivity contribution in [3.8, 4) is 0 Å². The minimum absolute atomic E-state index is 0.125. The number of H-pyrrole nitrogens is 1. The molecule has 152 valence electrons. The Morgan fingerprint density at radius 1 is 1.13 bits per heavy atom. The average molecular weight is 404 g/mol. The van der Waals surface area contributed by atoms with Crippen molar-refractivity contribution >= 4 is 28.4 Å². The highest BCUT2D eigenvalue weighted by Crippen LogP contribution is 2.21. The van der Waals surface area contributed by atoms with Gasteiger partial charge in [-0.2, -0.15) is 5.10 Å². The van der Waals surface area contributed by atoms with Crippen LogP contribution in [0.5, 0.6) is 0 Å². The summed E-state index contributed by atoms with van der Waals surface area (Å²) in [5.74, 6) is -0.332. The minimum atomic E-state index is -0.581. The van der Waals surface area contributed by atoms with Crippen molar-refractivity contribution in [1.29, 1.82) is 0 Å². The molecule has 0 radical (unpaired) electrons. The zero-order valence-electron chi connectivity index (χ0n) is 16.6. The largest absolute Gasteiger partial charge is 0.365 e. The molecule has 30 heavy (non-hydrogen) atoms. The lowest BCUT2D eigenvalue weighted by molar-refractivity contribution is 0.102. The Labute approximate surface area is 172 Å². The first-order valence-electron chi connectivity index (χ1n) is 9.59. The molecule has 3 N–H and O–H groups in total. The number of nitrogens with one attached hydrogen (secondary N) is 3. The molecule has 0 unspecified atom stereocenters. The third kappa shape index (κ3) is 4.12. The normalized spacial score (nSPS) is 11.1. The number of hydrogen-bond donors (Lipinski definition) is 3. The molecule has 0 aliphatic rings. The molecule has 0 bridgehead atoms. The van der Waals surface area contributed by atoms with Gasteiger partial charge in [0, 0.05) is 23.8 Å². The van der Waals surface area contributed by atoms with Gasteiger partial charge in [-0.25, -0.2) is 14.4 Å². The fraction of sp³-hybridized carbons (Fsp3) is 0.182.